The highest BCUT2D eigenvalue weighted by atomic mass is 32.1. The van der Waals surface area contributed by atoms with Crippen molar-refractivity contribution < 1.29 is 14.6 Å². The molecule has 28 heavy (non-hydrogen) atoms. The van der Waals surface area contributed by atoms with E-state index >= 15 is 0 Å². The number of methoxy groups -OCH3 is 2. The average molecular weight is 403 g/mol. The van der Waals surface area contributed by atoms with Gasteiger partial charge < -0.3 is 14.6 Å². The van der Waals surface area contributed by atoms with Gasteiger partial charge in [-0.3, -0.25) is 13.7 Å². The monoisotopic (exact) mass is 402 g/mol. The van der Waals surface area contributed by atoms with Crippen LogP contribution in [0.4, 0.5) is 0 Å². The second kappa shape index (κ2) is 8.67. The van der Waals surface area contributed by atoms with E-state index in [0.717, 1.165) is 28.9 Å². The zero-order chi connectivity index (χ0) is 20.3. The molecule has 0 aliphatic carbocycles. The van der Waals surface area contributed by atoms with Crippen molar-refractivity contribution in [1.29, 1.82) is 0 Å². The maximum absolute atomic E-state index is 12.8. The zero-order valence-electron chi connectivity index (χ0n) is 16.7. The van der Waals surface area contributed by atoms with Gasteiger partial charge in [0.25, 0.3) is 5.56 Å². The highest BCUT2D eigenvalue weighted by Gasteiger charge is 2.14. The van der Waals surface area contributed by atoms with Crippen molar-refractivity contribution in [2.45, 2.75) is 26.9 Å². The van der Waals surface area contributed by atoms with Crippen molar-refractivity contribution in [1.82, 2.24) is 8.86 Å². The molecule has 1 aromatic heterocycles. The van der Waals surface area contributed by atoms with Crippen molar-refractivity contribution >= 4 is 21.6 Å². The second-order valence-corrected chi connectivity index (χ2v) is 7.62. The van der Waals surface area contributed by atoms with Crippen molar-refractivity contribution in [2.75, 3.05) is 27.3 Å². The van der Waals surface area contributed by atoms with E-state index in [9.17, 15) is 9.90 Å². The SMILES string of the molecule is CCN(CC)Cc1ccc(Cn2sc3cc(OC)c(OC)cc3c2=O)cc1O. The number of benzene rings is 2. The zero-order valence-corrected chi connectivity index (χ0v) is 17.5. The summed E-state index contributed by atoms with van der Waals surface area (Å²) in [7, 11) is 3.13. The Morgan fingerprint density at radius 1 is 1.07 bits per heavy atom. The summed E-state index contributed by atoms with van der Waals surface area (Å²) in [6.45, 7) is 7.19. The maximum atomic E-state index is 12.8. The third kappa shape index (κ3) is 4.00. The van der Waals surface area contributed by atoms with Crippen LogP contribution in [0.2, 0.25) is 0 Å². The molecule has 6 nitrogen and oxygen atoms in total. The highest BCUT2D eigenvalue weighted by molar-refractivity contribution is 7.13. The van der Waals surface area contributed by atoms with Gasteiger partial charge in [-0.15, -0.1) is 0 Å². The van der Waals surface area contributed by atoms with E-state index < -0.39 is 0 Å². The molecule has 2 aromatic carbocycles. The summed E-state index contributed by atoms with van der Waals surface area (Å²) >= 11 is 1.37. The Balaban J connectivity index is 1.89. The number of phenolic OH excluding ortho intramolecular Hbond substituents is 1. The van der Waals surface area contributed by atoms with Crippen LogP contribution in [0.3, 0.4) is 0 Å². The number of nitrogens with zero attached hydrogens (tertiary/aromatic N) is 2. The first-order chi connectivity index (χ1) is 13.5. The summed E-state index contributed by atoms with van der Waals surface area (Å²) in [6.07, 6.45) is 0. The molecule has 3 aromatic rings. The van der Waals surface area contributed by atoms with Crippen LogP contribution in [0.25, 0.3) is 10.1 Å². The first kappa shape index (κ1) is 20.2. The Morgan fingerprint density at radius 2 is 1.75 bits per heavy atom. The fraction of sp³-hybridized carbons (Fsp3) is 0.381. The summed E-state index contributed by atoms with van der Waals surface area (Å²) in [5, 5.41) is 11.0. The van der Waals surface area contributed by atoms with Gasteiger partial charge in [0.1, 0.15) is 5.75 Å². The number of hydrogen-bond acceptors (Lipinski definition) is 6. The van der Waals surface area contributed by atoms with Gasteiger partial charge in [0, 0.05) is 18.2 Å². The molecule has 1 N–H and O–H groups in total. The maximum Gasteiger partial charge on any atom is 0.268 e. The molecular formula is C21H26N2O4S. The molecule has 1 heterocycles. The minimum absolute atomic E-state index is 0.0762. The minimum atomic E-state index is -0.0762. The molecule has 150 valence electrons. The number of rotatable bonds is 8. The fourth-order valence-electron chi connectivity index (χ4n) is 3.20. The van der Waals surface area contributed by atoms with E-state index in [-0.39, 0.29) is 11.3 Å². The molecule has 0 atom stereocenters. The van der Waals surface area contributed by atoms with Gasteiger partial charge in [0.2, 0.25) is 0 Å². The van der Waals surface area contributed by atoms with Gasteiger partial charge in [0.05, 0.1) is 30.9 Å². The molecular weight excluding hydrogens is 376 g/mol. The molecule has 0 spiro atoms. The predicted octanol–water partition coefficient (Wildman–Crippen LogP) is 3.68. The van der Waals surface area contributed by atoms with Gasteiger partial charge in [-0.1, -0.05) is 37.5 Å². The Morgan fingerprint density at radius 3 is 2.36 bits per heavy atom. The molecule has 7 heteroatoms. The summed E-state index contributed by atoms with van der Waals surface area (Å²) in [5.41, 5.74) is 1.70. The number of phenols is 1. The largest absolute Gasteiger partial charge is 0.508 e. The lowest BCUT2D eigenvalue weighted by Gasteiger charge is -2.19. The first-order valence-corrected chi connectivity index (χ1v) is 10.1. The van der Waals surface area contributed by atoms with E-state index in [4.69, 9.17) is 9.47 Å². The summed E-state index contributed by atoms with van der Waals surface area (Å²) in [4.78, 5) is 15.0. The lowest BCUT2D eigenvalue weighted by Crippen LogP contribution is -2.22. The summed E-state index contributed by atoms with van der Waals surface area (Å²) < 4.78 is 13.1. The number of fused-ring (bicyclic) bond motifs is 1. The number of ether oxygens (including phenoxy) is 2. The minimum Gasteiger partial charge on any atom is -0.508 e. The Kier molecular flexibility index (Phi) is 6.26. The smallest absolute Gasteiger partial charge is 0.268 e. The Hall–Kier alpha value is -2.51. The van der Waals surface area contributed by atoms with Crippen LogP contribution in [0.5, 0.6) is 17.2 Å². The Labute approximate surface area is 168 Å². The van der Waals surface area contributed by atoms with E-state index in [0.29, 0.717) is 30.0 Å². The van der Waals surface area contributed by atoms with Gasteiger partial charge in [-0.2, -0.15) is 0 Å². The molecule has 3 rings (SSSR count). The van der Waals surface area contributed by atoms with Crippen LogP contribution in [0.15, 0.2) is 35.1 Å². The number of aromatic hydroxyl groups is 1. The van der Waals surface area contributed by atoms with E-state index in [2.05, 4.69) is 18.7 Å². The topological polar surface area (TPSA) is 63.9 Å². The van der Waals surface area contributed by atoms with Gasteiger partial charge >= 0.3 is 0 Å². The van der Waals surface area contributed by atoms with Gasteiger partial charge in [0.15, 0.2) is 11.5 Å². The predicted molar refractivity (Wildman–Crippen MR) is 113 cm³/mol. The van der Waals surface area contributed by atoms with Crippen LogP contribution in [0.1, 0.15) is 25.0 Å². The number of hydrogen-bond donors (Lipinski definition) is 1. The van der Waals surface area contributed by atoms with Gasteiger partial charge in [-0.25, -0.2) is 0 Å². The van der Waals surface area contributed by atoms with Crippen LogP contribution in [0, 0.1) is 0 Å². The molecule has 0 amide bonds. The standard InChI is InChI=1S/C21H26N2O4S/c1-5-22(6-2)13-15-8-7-14(9-17(15)24)12-23-21(25)16-10-18(26-3)19(27-4)11-20(16)28-23/h7-11,24H,5-6,12-13H2,1-4H3. The molecule has 0 fully saturated rings. The van der Waals surface area contributed by atoms with Crippen molar-refractivity contribution in [3.8, 4) is 17.2 Å². The van der Waals surface area contributed by atoms with Crippen LogP contribution in [-0.2, 0) is 13.1 Å². The molecule has 0 saturated heterocycles. The van der Waals surface area contributed by atoms with Crippen molar-refractivity contribution in [3.05, 3.63) is 51.8 Å². The first-order valence-electron chi connectivity index (χ1n) is 9.29. The van der Waals surface area contributed by atoms with E-state index in [1.165, 1.54) is 11.5 Å². The third-order valence-corrected chi connectivity index (χ3v) is 5.97. The third-order valence-electron chi connectivity index (χ3n) is 4.92. The average Bonchev–Trinajstić information content (AvgIpc) is 3.01. The highest BCUT2D eigenvalue weighted by Crippen LogP contribution is 2.33. The summed E-state index contributed by atoms with van der Waals surface area (Å²) in [5.74, 6) is 1.40. The van der Waals surface area contributed by atoms with E-state index in [1.807, 2.05) is 18.2 Å². The fourth-order valence-corrected chi connectivity index (χ4v) is 4.23. The van der Waals surface area contributed by atoms with E-state index in [1.54, 1.807) is 30.3 Å². The van der Waals surface area contributed by atoms with Crippen molar-refractivity contribution in [3.63, 3.8) is 0 Å². The Bertz CT molecular complexity index is 1020. The quantitative estimate of drug-likeness (QED) is 0.623. The molecule has 0 radical (unpaired) electrons. The molecule has 0 aliphatic rings. The normalized spacial score (nSPS) is 11.3. The lowest BCUT2D eigenvalue weighted by molar-refractivity contribution is 0.291. The molecule has 0 unspecified atom stereocenters. The van der Waals surface area contributed by atoms with Crippen LogP contribution in [-0.4, -0.2) is 41.3 Å². The number of aromatic nitrogens is 1. The lowest BCUT2D eigenvalue weighted by atomic mass is 10.1. The van der Waals surface area contributed by atoms with Gasteiger partial charge in [-0.05, 0) is 30.8 Å². The van der Waals surface area contributed by atoms with Crippen LogP contribution >= 0.6 is 11.5 Å². The van der Waals surface area contributed by atoms with Crippen LogP contribution < -0.4 is 15.0 Å². The molecule has 0 aliphatic heterocycles. The molecule has 0 bridgehead atoms. The second-order valence-electron chi connectivity index (χ2n) is 6.56. The van der Waals surface area contributed by atoms with Crippen molar-refractivity contribution in [2.24, 2.45) is 0 Å². The molecule has 0 saturated carbocycles. The summed E-state index contributed by atoms with van der Waals surface area (Å²) in [6, 6.07) is 9.19.